The van der Waals surface area contributed by atoms with Crippen LogP contribution in [0.15, 0.2) is 243 Å². The van der Waals surface area contributed by atoms with Crippen LogP contribution in [0.5, 0.6) is 0 Å². The number of rotatable bonds is 32. The van der Waals surface area contributed by atoms with Crippen molar-refractivity contribution >= 4 is 11.8 Å². The first-order valence-corrected chi connectivity index (χ1v) is 49.4. The molecule has 0 heterocycles. The van der Waals surface area contributed by atoms with Crippen molar-refractivity contribution < 1.29 is 0 Å². The Morgan fingerprint density at radius 1 is 0.179 bits per heavy atom. The molecule has 0 spiro atoms. The molecule has 18 rings (SSSR count). The van der Waals surface area contributed by atoms with Crippen molar-refractivity contribution in [3.63, 3.8) is 0 Å². The van der Waals surface area contributed by atoms with Gasteiger partial charge in [-0.25, -0.2) is 0 Å². The predicted molar refractivity (Wildman–Crippen MR) is 533 cm³/mol. The first-order valence-electron chi connectivity index (χ1n) is 48.6. The molecule has 0 saturated heterocycles. The predicted octanol–water partition coefficient (Wildman–Crippen LogP) is 35.6. The summed E-state index contributed by atoms with van der Waals surface area (Å²) in [6.07, 6.45) is 20.7. The summed E-state index contributed by atoms with van der Waals surface area (Å²) in [5.74, 6) is 4.99. The van der Waals surface area contributed by atoms with Crippen molar-refractivity contribution in [2.24, 2.45) is 47.3 Å². The highest BCUT2D eigenvalue weighted by Gasteiger charge is 2.55. The molecule has 0 aliphatic heterocycles. The molecule has 12 aromatic rings. The van der Waals surface area contributed by atoms with Gasteiger partial charge in [0.1, 0.15) is 0 Å². The van der Waals surface area contributed by atoms with E-state index in [-0.39, 0.29) is 21.7 Å². The van der Waals surface area contributed by atoms with E-state index in [1.807, 2.05) is 0 Å². The summed E-state index contributed by atoms with van der Waals surface area (Å²) in [6, 6.07) is 100. The zero-order valence-electron chi connectivity index (χ0n) is 77.8. The number of benzene rings is 12. The number of thioether (sulfide) groups is 1. The highest BCUT2D eigenvalue weighted by Crippen LogP contribution is 2.70. The van der Waals surface area contributed by atoms with Gasteiger partial charge in [0.2, 0.25) is 0 Å². The molecule has 123 heavy (non-hydrogen) atoms. The molecule has 0 fully saturated rings. The van der Waals surface area contributed by atoms with Crippen LogP contribution in [0.3, 0.4) is 0 Å². The molecule has 0 amide bonds. The van der Waals surface area contributed by atoms with Gasteiger partial charge in [0.15, 0.2) is 0 Å². The molecule has 1 heteroatoms. The third-order valence-corrected chi connectivity index (χ3v) is 33.5. The first-order chi connectivity index (χ1) is 59.3. The number of hydrogen-bond donors (Lipinski definition) is 0. The molecular formula is C122H138S. The lowest BCUT2D eigenvalue weighted by molar-refractivity contribution is 0.364. The van der Waals surface area contributed by atoms with Crippen molar-refractivity contribution in [2.75, 3.05) is 0 Å². The van der Waals surface area contributed by atoms with Gasteiger partial charge in [-0.3, -0.25) is 0 Å². The van der Waals surface area contributed by atoms with Crippen LogP contribution >= 0.6 is 11.8 Å². The van der Waals surface area contributed by atoms with Gasteiger partial charge in [-0.1, -0.05) is 319 Å². The minimum Gasteiger partial charge on any atom is -0.129 e. The Labute approximate surface area is 745 Å². The van der Waals surface area contributed by atoms with Gasteiger partial charge >= 0.3 is 0 Å². The van der Waals surface area contributed by atoms with Crippen LogP contribution < -0.4 is 0 Å². The Morgan fingerprint density at radius 2 is 0.341 bits per heavy atom. The lowest BCUT2D eigenvalue weighted by atomic mass is 9.69. The second-order valence-electron chi connectivity index (χ2n) is 42.5. The Hall–Kier alpha value is -9.01. The minimum absolute atomic E-state index is 0.0182. The zero-order chi connectivity index (χ0) is 85.8. The van der Waals surface area contributed by atoms with Crippen LogP contribution in [0.4, 0.5) is 0 Å². The average Bonchev–Trinajstić information content (AvgIpc) is 1.57. The molecule has 12 aromatic carbocycles. The van der Waals surface area contributed by atoms with Gasteiger partial charge in [-0.2, -0.15) is 0 Å². The second-order valence-corrected chi connectivity index (χ2v) is 44.1. The maximum absolute atomic E-state index is 2.71. The van der Waals surface area contributed by atoms with E-state index >= 15 is 0 Å². The van der Waals surface area contributed by atoms with Gasteiger partial charge in [-0.15, -0.1) is 11.8 Å². The molecule has 0 radical (unpaired) electrons. The summed E-state index contributed by atoms with van der Waals surface area (Å²) in [4.78, 5) is 0. The summed E-state index contributed by atoms with van der Waals surface area (Å²) in [5.41, 5.74) is 45.2. The Morgan fingerprint density at radius 3 is 0.528 bits per heavy atom. The minimum atomic E-state index is -0.519. The molecule has 0 saturated carbocycles. The SMILES string of the molecule is CCC1(SC2(CC)c3cc(-c4ccc5c(c4)-c4ccccc4C5(CCC(C)C)CCC(C)C)ccc3-c3ccc(-c4ccc5c(c4)-c4ccccc4C5(CCC(C)C)CCC(C)C)cc32)c2cc(-c3ccc4c(c3)-c3ccccc3C4(CCC(C)C)CCC(C)C)ccc2-c2ccc(-c3ccc4c(c3)-c3ccccc3C4(CCC(C)C)CCC(C)C)cc21. The maximum Gasteiger partial charge on any atom is 0.0679 e. The lowest BCUT2D eigenvalue weighted by Gasteiger charge is -2.42. The van der Waals surface area contributed by atoms with Crippen molar-refractivity contribution in [1.29, 1.82) is 0 Å². The third-order valence-electron chi connectivity index (χ3n) is 31.3. The van der Waals surface area contributed by atoms with Crippen LogP contribution in [0.25, 0.3) is 111 Å². The fraction of sp³-hybridized carbons (Fsp3) is 0.410. The maximum atomic E-state index is 2.71. The van der Waals surface area contributed by atoms with Crippen molar-refractivity contribution in [3.05, 3.63) is 309 Å². The molecule has 0 aromatic heterocycles. The summed E-state index contributed by atoms with van der Waals surface area (Å²) in [7, 11) is 0. The van der Waals surface area contributed by atoms with E-state index < -0.39 is 9.49 Å². The van der Waals surface area contributed by atoms with E-state index in [4.69, 9.17) is 0 Å². The van der Waals surface area contributed by atoms with Crippen LogP contribution in [-0.4, -0.2) is 0 Å². The molecule has 6 aliphatic rings. The van der Waals surface area contributed by atoms with Crippen LogP contribution in [0.1, 0.15) is 307 Å². The van der Waals surface area contributed by atoms with Crippen LogP contribution in [0.2, 0.25) is 0 Å². The Bertz CT molecular complexity index is 5200. The smallest absolute Gasteiger partial charge is 0.0679 e. The molecule has 0 bridgehead atoms. The van der Waals surface area contributed by atoms with Gasteiger partial charge in [0.25, 0.3) is 0 Å². The van der Waals surface area contributed by atoms with E-state index in [1.54, 1.807) is 0 Å². The van der Waals surface area contributed by atoms with Crippen LogP contribution in [0, 0.1) is 47.3 Å². The number of fused-ring (bicyclic) bond motifs is 18. The second kappa shape index (κ2) is 33.4. The summed E-state index contributed by atoms with van der Waals surface area (Å²) in [6.45, 7) is 43.8. The first kappa shape index (κ1) is 84.8. The van der Waals surface area contributed by atoms with Crippen molar-refractivity contribution in [3.8, 4) is 111 Å². The molecule has 0 nitrogen and oxygen atoms in total. The monoisotopic (exact) mass is 1640 g/mol. The van der Waals surface area contributed by atoms with Gasteiger partial charge in [0.05, 0.1) is 9.49 Å². The summed E-state index contributed by atoms with van der Waals surface area (Å²) < 4.78 is -1.04. The van der Waals surface area contributed by atoms with Gasteiger partial charge in [0, 0.05) is 21.7 Å². The number of hydrogen-bond acceptors (Lipinski definition) is 1. The van der Waals surface area contributed by atoms with Crippen molar-refractivity contribution in [2.45, 2.75) is 271 Å². The molecule has 0 N–H and O–H groups in total. The van der Waals surface area contributed by atoms with E-state index in [2.05, 4.69) is 379 Å². The quantitative estimate of drug-likeness (QED) is 0.0405. The third kappa shape index (κ3) is 14.4. The van der Waals surface area contributed by atoms with Crippen LogP contribution in [-0.2, 0) is 31.2 Å². The lowest BCUT2D eigenvalue weighted by Crippen LogP contribution is -2.31. The molecule has 0 atom stereocenters. The highest BCUT2D eigenvalue weighted by molar-refractivity contribution is 8.01. The largest absolute Gasteiger partial charge is 0.129 e. The van der Waals surface area contributed by atoms with Crippen molar-refractivity contribution in [1.82, 2.24) is 0 Å². The van der Waals surface area contributed by atoms with E-state index in [0.717, 1.165) is 12.8 Å². The summed E-state index contributed by atoms with van der Waals surface area (Å²) in [5, 5.41) is 0. The Kier molecular flexibility index (Phi) is 23.0. The summed E-state index contributed by atoms with van der Waals surface area (Å²) >= 11 is 2.30. The topological polar surface area (TPSA) is 0 Å². The van der Waals surface area contributed by atoms with E-state index in [1.165, 1.54) is 281 Å². The standard InChI is InChI=1S/C122H138S/c1-19-121(113-73-89(85-41-49-109-101(69-85)93-29-21-25-33-105(93)117(109,61-53-77(3)4)62-54-78(5)6)37-45-97(113)98-46-38-90(74-114(98)121)86-42-50-110-102(70-86)94-30-22-26-34-106(94)118(110,63-55-79(7)8)64-56-80(9)10)123-122(20-2)115-75-91(87-43-51-111-103(71-87)95-31-23-27-35-107(95)119(111,65-57-81(11)12)66-58-82(13)14)39-47-99(115)100-48-40-92(76-116(100)122)88-44-52-112-104(72-88)96-32-24-28-36-108(96)120(112,67-59-83(15)16)68-60-84(17)18/h21-52,69-84H,19-20,53-68H2,1-18H3. The highest BCUT2D eigenvalue weighted by atomic mass is 32.2. The Balaban J connectivity index is 0.848. The van der Waals surface area contributed by atoms with Gasteiger partial charge in [-0.05, 0) is 389 Å². The average molecular weight is 1640 g/mol. The molecule has 6 aliphatic carbocycles. The van der Waals surface area contributed by atoms with E-state index in [9.17, 15) is 0 Å². The fourth-order valence-electron chi connectivity index (χ4n) is 24.4. The fourth-order valence-corrected chi connectivity index (χ4v) is 26.4. The van der Waals surface area contributed by atoms with Gasteiger partial charge < -0.3 is 0 Å². The molecule has 0 unspecified atom stereocenters. The van der Waals surface area contributed by atoms with E-state index in [0.29, 0.717) is 47.3 Å². The molecule has 632 valence electrons. The zero-order valence-corrected chi connectivity index (χ0v) is 78.7. The molecular weight excluding hydrogens is 1500 g/mol. The normalized spacial score (nSPS) is 16.0.